The first-order valence-electron chi connectivity index (χ1n) is 7.28. The molecule has 0 bridgehead atoms. The van der Waals surface area contributed by atoms with Gasteiger partial charge in [-0.25, -0.2) is 0 Å². The Morgan fingerprint density at radius 1 is 1.32 bits per heavy atom. The van der Waals surface area contributed by atoms with Crippen LogP contribution in [0.2, 0.25) is 0 Å². The van der Waals surface area contributed by atoms with Gasteiger partial charge in [-0.2, -0.15) is 0 Å². The summed E-state index contributed by atoms with van der Waals surface area (Å²) in [6.45, 7) is 6.32. The van der Waals surface area contributed by atoms with Crippen molar-refractivity contribution in [1.82, 2.24) is 15.2 Å². The number of rotatable bonds is 6. The van der Waals surface area contributed by atoms with E-state index in [-0.39, 0.29) is 6.04 Å². The molecule has 106 valence electrons. The molecule has 2 rings (SSSR count). The molecule has 1 aliphatic rings. The third kappa shape index (κ3) is 4.48. The minimum Gasteiger partial charge on any atom is -0.491 e. The number of aromatic nitrogens is 1. The molecule has 0 aromatic carbocycles. The van der Waals surface area contributed by atoms with Gasteiger partial charge in [-0.3, -0.25) is 9.88 Å². The van der Waals surface area contributed by atoms with Crippen LogP contribution in [-0.2, 0) is 0 Å². The summed E-state index contributed by atoms with van der Waals surface area (Å²) in [7, 11) is 1.94. The summed E-state index contributed by atoms with van der Waals surface area (Å²) < 4.78 is 5.75. The summed E-state index contributed by atoms with van der Waals surface area (Å²) in [5.74, 6) is 0.865. The summed E-state index contributed by atoms with van der Waals surface area (Å²) >= 11 is 0. The van der Waals surface area contributed by atoms with Gasteiger partial charge in [-0.15, -0.1) is 0 Å². The molecule has 0 aliphatic carbocycles. The zero-order chi connectivity index (χ0) is 13.5. The van der Waals surface area contributed by atoms with Gasteiger partial charge < -0.3 is 10.1 Å². The molecule has 1 atom stereocenters. The van der Waals surface area contributed by atoms with Crippen molar-refractivity contribution in [3.63, 3.8) is 0 Å². The number of hydrogen-bond acceptors (Lipinski definition) is 4. The first-order chi connectivity index (χ1) is 9.29. The van der Waals surface area contributed by atoms with E-state index in [1.165, 1.54) is 32.4 Å². The lowest BCUT2D eigenvalue weighted by Gasteiger charge is -2.26. The molecule has 2 heterocycles. The standard InChI is InChI=1S/C15H25N3O/c1-13(16-2)15-7-6-14(12-17-15)19-11-10-18-8-4-3-5-9-18/h6-7,12-13,16H,3-5,8-11H2,1-2H3. The highest BCUT2D eigenvalue weighted by molar-refractivity contribution is 5.21. The Balaban J connectivity index is 1.73. The first kappa shape index (κ1) is 14.3. The number of ether oxygens (including phenoxy) is 1. The first-order valence-corrected chi connectivity index (χ1v) is 7.28. The number of nitrogens with one attached hydrogen (secondary N) is 1. The Morgan fingerprint density at radius 2 is 2.11 bits per heavy atom. The average Bonchev–Trinajstić information content (AvgIpc) is 2.48. The van der Waals surface area contributed by atoms with E-state index < -0.39 is 0 Å². The summed E-state index contributed by atoms with van der Waals surface area (Å²) in [6.07, 6.45) is 5.86. The second kappa shape index (κ2) is 7.46. The zero-order valence-electron chi connectivity index (χ0n) is 12.1. The largest absolute Gasteiger partial charge is 0.491 e. The second-order valence-corrected chi connectivity index (χ2v) is 5.18. The van der Waals surface area contributed by atoms with E-state index in [1.807, 2.05) is 25.4 Å². The summed E-state index contributed by atoms with van der Waals surface area (Å²) in [6, 6.07) is 4.31. The zero-order valence-corrected chi connectivity index (χ0v) is 12.1. The number of likely N-dealkylation sites (tertiary alicyclic amines) is 1. The van der Waals surface area contributed by atoms with E-state index in [0.29, 0.717) is 0 Å². The summed E-state index contributed by atoms with van der Waals surface area (Å²) in [5.41, 5.74) is 1.05. The van der Waals surface area contributed by atoms with Crippen molar-refractivity contribution >= 4 is 0 Å². The van der Waals surface area contributed by atoms with Crippen LogP contribution in [0.4, 0.5) is 0 Å². The fourth-order valence-electron chi connectivity index (χ4n) is 2.36. The van der Waals surface area contributed by atoms with Gasteiger partial charge in [0.25, 0.3) is 0 Å². The molecule has 0 amide bonds. The lowest BCUT2D eigenvalue weighted by molar-refractivity contribution is 0.183. The van der Waals surface area contributed by atoms with Gasteiger partial charge in [0.15, 0.2) is 0 Å². The topological polar surface area (TPSA) is 37.4 Å². The van der Waals surface area contributed by atoms with Crippen LogP contribution in [-0.4, -0.2) is 43.2 Å². The molecule has 1 unspecified atom stereocenters. The van der Waals surface area contributed by atoms with Crippen LogP contribution in [0.15, 0.2) is 18.3 Å². The fourth-order valence-corrected chi connectivity index (χ4v) is 2.36. The van der Waals surface area contributed by atoms with Crippen LogP contribution in [0.5, 0.6) is 5.75 Å². The highest BCUT2D eigenvalue weighted by Gasteiger charge is 2.09. The Bertz CT molecular complexity index is 360. The Kier molecular flexibility index (Phi) is 5.61. The number of nitrogens with zero attached hydrogens (tertiary/aromatic N) is 2. The van der Waals surface area contributed by atoms with E-state index in [9.17, 15) is 0 Å². The molecule has 1 aliphatic heterocycles. The maximum Gasteiger partial charge on any atom is 0.137 e. The smallest absolute Gasteiger partial charge is 0.137 e. The normalized spacial score (nSPS) is 18.2. The molecule has 4 nitrogen and oxygen atoms in total. The third-order valence-corrected chi connectivity index (χ3v) is 3.76. The van der Waals surface area contributed by atoms with Crippen molar-refractivity contribution in [3.05, 3.63) is 24.0 Å². The number of pyridine rings is 1. The van der Waals surface area contributed by atoms with Crippen LogP contribution in [0.1, 0.15) is 37.9 Å². The van der Waals surface area contributed by atoms with E-state index in [4.69, 9.17) is 4.74 Å². The predicted molar refractivity (Wildman–Crippen MR) is 77.5 cm³/mol. The second-order valence-electron chi connectivity index (χ2n) is 5.18. The Morgan fingerprint density at radius 3 is 2.74 bits per heavy atom. The van der Waals surface area contributed by atoms with Gasteiger partial charge in [0.2, 0.25) is 0 Å². The lowest BCUT2D eigenvalue weighted by Crippen LogP contribution is -2.33. The molecular formula is C15H25N3O. The van der Waals surface area contributed by atoms with Gasteiger partial charge in [-0.1, -0.05) is 6.42 Å². The summed E-state index contributed by atoms with van der Waals surface area (Å²) in [5, 5.41) is 3.18. The van der Waals surface area contributed by atoms with Crippen LogP contribution < -0.4 is 10.1 Å². The van der Waals surface area contributed by atoms with E-state index in [2.05, 4.69) is 22.1 Å². The molecule has 0 radical (unpaired) electrons. The van der Waals surface area contributed by atoms with Crippen LogP contribution in [0.25, 0.3) is 0 Å². The van der Waals surface area contributed by atoms with Crippen molar-refractivity contribution in [2.75, 3.05) is 33.3 Å². The molecule has 0 saturated carbocycles. The van der Waals surface area contributed by atoms with Gasteiger partial charge >= 0.3 is 0 Å². The molecule has 1 N–H and O–H groups in total. The average molecular weight is 263 g/mol. The highest BCUT2D eigenvalue weighted by Crippen LogP contribution is 2.14. The van der Waals surface area contributed by atoms with Crippen molar-refractivity contribution in [1.29, 1.82) is 0 Å². The quantitative estimate of drug-likeness (QED) is 0.854. The van der Waals surface area contributed by atoms with Crippen molar-refractivity contribution in [2.45, 2.75) is 32.2 Å². The molecule has 4 heteroatoms. The van der Waals surface area contributed by atoms with Gasteiger partial charge in [0, 0.05) is 12.6 Å². The molecule has 1 fully saturated rings. The van der Waals surface area contributed by atoms with Crippen molar-refractivity contribution in [3.8, 4) is 5.75 Å². The Labute approximate surface area is 116 Å². The highest BCUT2D eigenvalue weighted by atomic mass is 16.5. The minimum absolute atomic E-state index is 0.280. The van der Waals surface area contributed by atoms with E-state index in [0.717, 1.165) is 24.6 Å². The number of hydrogen-bond donors (Lipinski definition) is 1. The molecular weight excluding hydrogens is 238 g/mol. The van der Waals surface area contributed by atoms with Crippen LogP contribution >= 0.6 is 0 Å². The maximum atomic E-state index is 5.75. The maximum absolute atomic E-state index is 5.75. The molecule has 1 aromatic heterocycles. The SMILES string of the molecule is CNC(C)c1ccc(OCCN2CCCCC2)cn1. The Hall–Kier alpha value is -1.13. The molecule has 1 saturated heterocycles. The van der Waals surface area contributed by atoms with Crippen LogP contribution in [0, 0.1) is 0 Å². The monoisotopic (exact) mass is 263 g/mol. The van der Waals surface area contributed by atoms with Gasteiger partial charge in [0.05, 0.1) is 11.9 Å². The lowest BCUT2D eigenvalue weighted by atomic mass is 10.1. The molecule has 1 aromatic rings. The minimum atomic E-state index is 0.280. The number of piperidine rings is 1. The molecule has 19 heavy (non-hydrogen) atoms. The van der Waals surface area contributed by atoms with Crippen molar-refractivity contribution < 1.29 is 4.74 Å². The fraction of sp³-hybridized carbons (Fsp3) is 0.667. The van der Waals surface area contributed by atoms with E-state index in [1.54, 1.807) is 0 Å². The van der Waals surface area contributed by atoms with Crippen molar-refractivity contribution in [2.24, 2.45) is 0 Å². The summed E-state index contributed by atoms with van der Waals surface area (Å²) in [4.78, 5) is 6.89. The van der Waals surface area contributed by atoms with Gasteiger partial charge in [-0.05, 0) is 52.0 Å². The van der Waals surface area contributed by atoms with E-state index >= 15 is 0 Å². The van der Waals surface area contributed by atoms with Gasteiger partial charge in [0.1, 0.15) is 12.4 Å². The third-order valence-electron chi connectivity index (χ3n) is 3.76. The van der Waals surface area contributed by atoms with Crippen LogP contribution in [0.3, 0.4) is 0 Å². The molecule has 0 spiro atoms. The predicted octanol–water partition coefficient (Wildman–Crippen LogP) is 2.23.